The number of nitrogens with zero attached hydrogens (tertiary/aromatic N) is 4. The number of ether oxygens (including phenoxy) is 4. The van der Waals surface area contributed by atoms with Gasteiger partial charge in [-0.3, -0.25) is 4.57 Å². The molecule has 0 unspecified atom stereocenters. The number of hydrogen-bond donors (Lipinski definition) is 1. The van der Waals surface area contributed by atoms with Crippen LogP contribution in [0.25, 0.3) is 22.6 Å². The fourth-order valence-corrected chi connectivity index (χ4v) is 5.39. The van der Waals surface area contributed by atoms with Crippen molar-refractivity contribution in [3.05, 3.63) is 139 Å². The number of benzene rings is 3. The van der Waals surface area contributed by atoms with E-state index in [2.05, 4.69) is 19.9 Å². The monoisotopic (exact) mass is 629 g/mol. The average Bonchev–Trinajstić information content (AvgIpc) is 3.88. The highest BCUT2D eigenvalue weighted by Gasteiger charge is 2.52. The quantitative estimate of drug-likeness (QED) is 0.171. The second kappa shape index (κ2) is 13.1. The van der Waals surface area contributed by atoms with Crippen LogP contribution in [0.2, 0.25) is 0 Å². The highest BCUT2D eigenvalue weighted by atomic mass is 16.7. The zero-order valence-electron chi connectivity index (χ0n) is 24.7. The molecular formula is C35H27N5O7. The van der Waals surface area contributed by atoms with Crippen molar-refractivity contribution in [2.45, 2.75) is 24.5 Å². The maximum absolute atomic E-state index is 13.5. The zero-order chi connectivity index (χ0) is 32.2. The Bertz CT molecular complexity index is 2000. The summed E-state index contributed by atoms with van der Waals surface area (Å²) in [6.45, 7) is -0.314. The minimum Gasteiger partial charge on any atom is -0.459 e. The van der Waals surface area contributed by atoms with Crippen molar-refractivity contribution in [2.75, 3.05) is 6.61 Å². The molecular weight excluding hydrogens is 602 g/mol. The number of esters is 3. The number of imidazole rings is 1. The van der Waals surface area contributed by atoms with Gasteiger partial charge in [-0.15, -0.1) is 0 Å². The molecule has 1 aliphatic heterocycles. The minimum atomic E-state index is -1.21. The van der Waals surface area contributed by atoms with Gasteiger partial charge in [-0.1, -0.05) is 54.6 Å². The van der Waals surface area contributed by atoms with Gasteiger partial charge in [0.1, 0.15) is 30.2 Å². The first-order valence-corrected chi connectivity index (χ1v) is 14.8. The molecule has 0 spiro atoms. The molecule has 6 aromatic rings. The number of carbonyl (C=O) groups is 3. The van der Waals surface area contributed by atoms with Gasteiger partial charge in [0, 0.05) is 6.20 Å². The Hall–Kier alpha value is -6.14. The van der Waals surface area contributed by atoms with Crippen molar-refractivity contribution in [3.63, 3.8) is 0 Å². The summed E-state index contributed by atoms with van der Waals surface area (Å²) < 4.78 is 25.8. The molecule has 4 atom stereocenters. The van der Waals surface area contributed by atoms with E-state index in [9.17, 15) is 14.4 Å². The minimum absolute atomic E-state index is 0.278. The maximum atomic E-state index is 13.5. The topological polar surface area (TPSA) is 148 Å². The van der Waals surface area contributed by atoms with Crippen LogP contribution in [0, 0.1) is 0 Å². The number of nitrogens with one attached hydrogen (secondary N) is 1. The summed E-state index contributed by atoms with van der Waals surface area (Å²) >= 11 is 0. The van der Waals surface area contributed by atoms with E-state index in [1.165, 1.54) is 12.7 Å². The Balaban J connectivity index is 1.27. The highest BCUT2D eigenvalue weighted by molar-refractivity contribution is 5.91. The fraction of sp³-hybridized carbons (Fsp3) is 0.143. The van der Waals surface area contributed by atoms with Crippen LogP contribution >= 0.6 is 0 Å². The number of H-pyrrole nitrogens is 1. The summed E-state index contributed by atoms with van der Waals surface area (Å²) in [6.07, 6.45) is 0.107. The number of aromatic nitrogens is 5. The second-order valence-corrected chi connectivity index (χ2v) is 10.6. The van der Waals surface area contributed by atoms with Crippen LogP contribution in [0.3, 0.4) is 0 Å². The van der Waals surface area contributed by atoms with Crippen LogP contribution in [0.15, 0.2) is 122 Å². The van der Waals surface area contributed by atoms with E-state index in [1.54, 1.807) is 102 Å². The van der Waals surface area contributed by atoms with Crippen LogP contribution < -0.4 is 0 Å². The van der Waals surface area contributed by atoms with Crippen LogP contribution in [0.4, 0.5) is 0 Å². The number of rotatable bonds is 9. The van der Waals surface area contributed by atoms with Gasteiger partial charge in [0.15, 0.2) is 24.1 Å². The van der Waals surface area contributed by atoms with E-state index < -0.39 is 42.4 Å². The molecule has 0 bridgehead atoms. The van der Waals surface area contributed by atoms with Crippen molar-refractivity contribution in [1.82, 2.24) is 24.5 Å². The Morgan fingerprint density at radius 3 is 1.89 bits per heavy atom. The van der Waals surface area contributed by atoms with Crippen LogP contribution in [0.1, 0.15) is 37.3 Å². The number of fused-ring (bicyclic) bond motifs is 1. The highest BCUT2D eigenvalue weighted by Crippen LogP contribution is 2.37. The third-order valence-corrected chi connectivity index (χ3v) is 7.66. The Morgan fingerprint density at radius 2 is 1.30 bits per heavy atom. The van der Waals surface area contributed by atoms with Crippen molar-refractivity contribution >= 4 is 29.1 Å². The second-order valence-electron chi connectivity index (χ2n) is 10.6. The zero-order valence-corrected chi connectivity index (χ0v) is 24.7. The largest absolute Gasteiger partial charge is 0.459 e. The van der Waals surface area contributed by atoms with E-state index in [0.717, 1.165) is 5.69 Å². The van der Waals surface area contributed by atoms with Gasteiger partial charge in [0.25, 0.3) is 0 Å². The van der Waals surface area contributed by atoms with Crippen molar-refractivity contribution < 1.29 is 33.3 Å². The lowest BCUT2D eigenvalue weighted by molar-refractivity contribution is -0.0606. The third kappa shape index (κ3) is 6.09. The molecule has 0 radical (unpaired) electrons. The molecule has 0 aliphatic carbocycles. The molecule has 7 rings (SSSR count). The lowest BCUT2D eigenvalue weighted by Crippen LogP contribution is -2.41. The van der Waals surface area contributed by atoms with Gasteiger partial charge in [0.05, 0.1) is 28.7 Å². The molecule has 234 valence electrons. The van der Waals surface area contributed by atoms with Gasteiger partial charge >= 0.3 is 17.9 Å². The Kier molecular flexibility index (Phi) is 8.22. The van der Waals surface area contributed by atoms with E-state index in [1.807, 2.05) is 12.1 Å². The molecule has 3 aromatic carbocycles. The van der Waals surface area contributed by atoms with Crippen LogP contribution in [-0.4, -0.2) is 67.3 Å². The molecule has 1 aliphatic rings. The molecule has 0 saturated carbocycles. The SMILES string of the molecule is O=C(OC[C@@H]1O[C@H](n2cnc3c(-c4ccc[nH]4)ncnc32)[C@@H](OC(=O)c2ccccc2)[C@H]1OC(=O)c1ccccc1)c1ccccc1. The van der Waals surface area contributed by atoms with Crippen LogP contribution in [0.5, 0.6) is 0 Å². The number of carbonyl (C=O) groups excluding carboxylic acids is 3. The summed E-state index contributed by atoms with van der Waals surface area (Å²) in [6, 6.07) is 29.0. The Labute approximate surface area is 267 Å². The van der Waals surface area contributed by atoms with Crippen LogP contribution in [-0.2, 0) is 18.9 Å². The smallest absolute Gasteiger partial charge is 0.338 e. The summed E-state index contributed by atoms with van der Waals surface area (Å²) in [7, 11) is 0. The van der Waals surface area contributed by atoms with Gasteiger partial charge < -0.3 is 23.9 Å². The molecule has 1 N–H and O–H groups in total. The first kappa shape index (κ1) is 29.6. The summed E-state index contributed by atoms with van der Waals surface area (Å²) in [5.74, 6) is -1.94. The normalized spacial score (nSPS) is 18.9. The molecule has 47 heavy (non-hydrogen) atoms. The van der Waals surface area contributed by atoms with E-state index in [0.29, 0.717) is 22.4 Å². The van der Waals surface area contributed by atoms with Crippen molar-refractivity contribution in [2.24, 2.45) is 0 Å². The average molecular weight is 630 g/mol. The summed E-state index contributed by atoms with van der Waals surface area (Å²) in [5.41, 5.74) is 3.01. The third-order valence-electron chi connectivity index (χ3n) is 7.66. The molecule has 3 aromatic heterocycles. The molecule has 4 heterocycles. The number of aromatic amines is 1. The lowest BCUT2D eigenvalue weighted by Gasteiger charge is -2.25. The number of hydrogen-bond acceptors (Lipinski definition) is 10. The first-order valence-electron chi connectivity index (χ1n) is 14.8. The maximum Gasteiger partial charge on any atom is 0.338 e. The van der Waals surface area contributed by atoms with E-state index in [4.69, 9.17) is 18.9 Å². The molecule has 12 heteroatoms. The predicted molar refractivity (Wildman–Crippen MR) is 167 cm³/mol. The molecule has 12 nitrogen and oxygen atoms in total. The van der Waals surface area contributed by atoms with Gasteiger partial charge in [-0.05, 0) is 48.5 Å². The molecule has 0 amide bonds. The fourth-order valence-electron chi connectivity index (χ4n) is 5.39. The van der Waals surface area contributed by atoms with Crippen molar-refractivity contribution in [3.8, 4) is 11.4 Å². The van der Waals surface area contributed by atoms with E-state index >= 15 is 0 Å². The van der Waals surface area contributed by atoms with Gasteiger partial charge in [-0.2, -0.15) is 0 Å². The van der Waals surface area contributed by atoms with E-state index in [-0.39, 0.29) is 17.7 Å². The Morgan fingerprint density at radius 1 is 0.702 bits per heavy atom. The molecule has 1 fully saturated rings. The van der Waals surface area contributed by atoms with Gasteiger partial charge in [0.2, 0.25) is 0 Å². The van der Waals surface area contributed by atoms with Crippen molar-refractivity contribution in [1.29, 1.82) is 0 Å². The first-order chi connectivity index (χ1) is 23.1. The standard InChI is InChI=1S/C35H27N5O7/c41-33(22-11-4-1-5-12-22)44-19-26-29(46-34(42)23-13-6-2-7-14-23)30(47-35(43)24-15-8-3-9-16-24)32(45-26)40-21-39-28-27(25-17-10-18-36-25)37-20-38-31(28)40/h1-18,20-21,26,29-30,32,36H,19H2/t26-,29-,30-,32-/m0/s1. The van der Waals surface area contributed by atoms with Gasteiger partial charge in [-0.25, -0.2) is 29.3 Å². The lowest BCUT2D eigenvalue weighted by atomic mass is 10.1. The summed E-state index contributed by atoms with van der Waals surface area (Å²) in [4.78, 5) is 56.4. The molecule has 1 saturated heterocycles. The predicted octanol–water partition coefficient (Wildman–Crippen LogP) is 5.03. The summed E-state index contributed by atoms with van der Waals surface area (Å²) in [5, 5.41) is 0.